The second kappa shape index (κ2) is 7.23. The highest BCUT2D eigenvalue weighted by Crippen LogP contribution is 2.29. The minimum atomic E-state index is -4.52. The SMILES string of the molecule is O=C(c1cc(-c2cccs2)[nH]n1)N1CCN(c2cc(C(F)(F)F)ncn2)CC1. The Morgan fingerprint density at radius 1 is 1.14 bits per heavy atom. The Balaban J connectivity index is 1.41. The lowest BCUT2D eigenvalue weighted by atomic mass is 10.2. The van der Waals surface area contributed by atoms with Gasteiger partial charge in [0, 0.05) is 32.2 Å². The number of thiophene rings is 1. The fourth-order valence-corrected chi connectivity index (χ4v) is 3.66. The monoisotopic (exact) mass is 408 g/mol. The summed E-state index contributed by atoms with van der Waals surface area (Å²) in [6.45, 7) is 1.49. The Hall–Kier alpha value is -2.95. The number of amides is 1. The summed E-state index contributed by atoms with van der Waals surface area (Å²) in [5, 5.41) is 8.90. The Morgan fingerprint density at radius 3 is 2.61 bits per heavy atom. The van der Waals surface area contributed by atoms with Crippen LogP contribution >= 0.6 is 11.3 Å². The van der Waals surface area contributed by atoms with E-state index >= 15 is 0 Å². The predicted octanol–water partition coefficient (Wildman–Crippen LogP) is 2.91. The van der Waals surface area contributed by atoms with E-state index in [1.807, 2.05) is 17.5 Å². The number of anilines is 1. The molecule has 1 amide bonds. The average Bonchev–Trinajstić information content (AvgIpc) is 3.39. The van der Waals surface area contributed by atoms with Crippen molar-refractivity contribution in [2.24, 2.45) is 0 Å². The third-order valence-corrected chi connectivity index (χ3v) is 5.32. The Morgan fingerprint density at radius 2 is 1.93 bits per heavy atom. The zero-order chi connectivity index (χ0) is 19.7. The topological polar surface area (TPSA) is 78.0 Å². The summed E-state index contributed by atoms with van der Waals surface area (Å²) in [5.74, 6) is -0.00782. The van der Waals surface area contributed by atoms with Crippen molar-refractivity contribution in [3.63, 3.8) is 0 Å². The summed E-state index contributed by atoms with van der Waals surface area (Å²) < 4.78 is 38.5. The third kappa shape index (κ3) is 3.70. The van der Waals surface area contributed by atoms with Crippen molar-refractivity contribution < 1.29 is 18.0 Å². The maximum atomic E-state index is 12.8. The van der Waals surface area contributed by atoms with Crippen LogP contribution in [0.1, 0.15) is 16.2 Å². The Labute approximate surface area is 161 Å². The van der Waals surface area contributed by atoms with Crippen molar-refractivity contribution >= 4 is 23.1 Å². The smallest absolute Gasteiger partial charge is 0.353 e. The first-order valence-electron chi connectivity index (χ1n) is 8.44. The van der Waals surface area contributed by atoms with Gasteiger partial charge in [0.2, 0.25) is 0 Å². The summed E-state index contributed by atoms with van der Waals surface area (Å²) in [7, 11) is 0. The largest absolute Gasteiger partial charge is 0.433 e. The highest BCUT2D eigenvalue weighted by Gasteiger charge is 2.33. The van der Waals surface area contributed by atoms with Crippen LogP contribution in [-0.4, -0.2) is 57.2 Å². The predicted molar refractivity (Wildman–Crippen MR) is 97.1 cm³/mol. The zero-order valence-electron chi connectivity index (χ0n) is 14.5. The van der Waals surface area contributed by atoms with Gasteiger partial charge in [-0.1, -0.05) is 6.07 Å². The van der Waals surface area contributed by atoms with Crippen molar-refractivity contribution in [2.75, 3.05) is 31.1 Å². The number of hydrogen-bond donors (Lipinski definition) is 1. The highest BCUT2D eigenvalue weighted by molar-refractivity contribution is 7.13. The number of H-pyrrole nitrogens is 1. The maximum Gasteiger partial charge on any atom is 0.433 e. The van der Waals surface area contributed by atoms with Crippen LogP contribution in [-0.2, 0) is 6.18 Å². The minimum Gasteiger partial charge on any atom is -0.353 e. The van der Waals surface area contributed by atoms with Crippen molar-refractivity contribution in [3.05, 3.63) is 47.4 Å². The molecule has 146 valence electrons. The molecule has 1 N–H and O–H groups in total. The van der Waals surface area contributed by atoms with Crippen LogP contribution in [0.2, 0.25) is 0 Å². The van der Waals surface area contributed by atoms with Crippen LogP contribution in [0.5, 0.6) is 0 Å². The van der Waals surface area contributed by atoms with E-state index in [-0.39, 0.29) is 11.7 Å². The molecule has 28 heavy (non-hydrogen) atoms. The second-order valence-electron chi connectivity index (χ2n) is 6.18. The van der Waals surface area contributed by atoms with Crippen LogP contribution in [0.15, 0.2) is 36.0 Å². The number of carbonyl (C=O) groups excluding carboxylic acids is 1. The number of nitrogens with zero attached hydrogens (tertiary/aromatic N) is 5. The van der Waals surface area contributed by atoms with Crippen LogP contribution in [0.4, 0.5) is 19.0 Å². The first kappa shape index (κ1) is 18.4. The molecule has 4 heterocycles. The molecule has 0 spiro atoms. The van der Waals surface area contributed by atoms with Gasteiger partial charge in [0.1, 0.15) is 17.8 Å². The number of nitrogens with one attached hydrogen (secondary N) is 1. The van der Waals surface area contributed by atoms with Gasteiger partial charge in [-0.3, -0.25) is 9.89 Å². The van der Waals surface area contributed by atoms with E-state index in [0.29, 0.717) is 31.9 Å². The quantitative estimate of drug-likeness (QED) is 0.721. The van der Waals surface area contributed by atoms with Gasteiger partial charge in [-0.05, 0) is 17.5 Å². The molecule has 0 aliphatic carbocycles. The van der Waals surface area contributed by atoms with Gasteiger partial charge in [-0.2, -0.15) is 18.3 Å². The van der Waals surface area contributed by atoms with Crippen LogP contribution < -0.4 is 4.90 Å². The number of piperazine rings is 1. The molecule has 3 aromatic rings. The fraction of sp³-hybridized carbons (Fsp3) is 0.294. The molecule has 0 atom stereocenters. The number of carbonyl (C=O) groups is 1. The lowest BCUT2D eigenvalue weighted by Gasteiger charge is -2.35. The number of rotatable bonds is 3. The third-order valence-electron chi connectivity index (χ3n) is 4.42. The molecule has 1 aliphatic rings. The normalized spacial score (nSPS) is 15.1. The Bertz CT molecular complexity index is 963. The maximum absolute atomic E-state index is 12.8. The van der Waals surface area contributed by atoms with Gasteiger partial charge in [-0.25, -0.2) is 9.97 Å². The molecule has 0 aromatic carbocycles. The first-order valence-corrected chi connectivity index (χ1v) is 9.32. The molecule has 0 bridgehead atoms. The molecule has 0 unspecified atom stereocenters. The highest BCUT2D eigenvalue weighted by atomic mass is 32.1. The zero-order valence-corrected chi connectivity index (χ0v) is 15.3. The van der Waals surface area contributed by atoms with Gasteiger partial charge in [0.25, 0.3) is 5.91 Å². The van der Waals surface area contributed by atoms with Gasteiger partial charge in [-0.15, -0.1) is 11.3 Å². The van der Waals surface area contributed by atoms with E-state index in [4.69, 9.17) is 0 Å². The van der Waals surface area contributed by atoms with Gasteiger partial charge >= 0.3 is 6.18 Å². The number of hydrogen-bond acceptors (Lipinski definition) is 6. The molecular weight excluding hydrogens is 393 g/mol. The number of aromatic amines is 1. The van der Waals surface area contributed by atoms with Gasteiger partial charge < -0.3 is 9.80 Å². The summed E-state index contributed by atoms with van der Waals surface area (Å²) in [6, 6.07) is 6.49. The van der Waals surface area contributed by atoms with Gasteiger partial charge in [0.05, 0.1) is 10.6 Å². The van der Waals surface area contributed by atoms with Crippen LogP contribution in [0.3, 0.4) is 0 Å². The average molecular weight is 408 g/mol. The number of halogens is 3. The molecule has 1 aliphatic heterocycles. The lowest BCUT2D eigenvalue weighted by molar-refractivity contribution is -0.141. The van der Waals surface area contributed by atoms with Gasteiger partial charge in [0.15, 0.2) is 5.69 Å². The first-order chi connectivity index (χ1) is 13.4. The van der Waals surface area contributed by atoms with Crippen LogP contribution in [0.25, 0.3) is 10.6 Å². The molecule has 11 heteroatoms. The van der Waals surface area contributed by atoms with Crippen molar-refractivity contribution in [1.29, 1.82) is 0 Å². The van der Waals surface area contributed by atoms with Crippen molar-refractivity contribution in [1.82, 2.24) is 25.1 Å². The molecule has 0 saturated carbocycles. The minimum absolute atomic E-state index is 0.203. The van der Waals surface area contributed by atoms with E-state index in [1.54, 1.807) is 27.2 Å². The van der Waals surface area contributed by atoms with Crippen LogP contribution in [0, 0.1) is 0 Å². The summed E-state index contributed by atoms with van der Waals surface area (Å²) in [4.78, 5) is 24.2. The number of aromatic nitrogens is 4. The molecule has 4 rings (SSSR count). The molecule has 0 radical (unpaired) electrons. The fourth-order valence-electron chi connectivity index (χ4n) is 2.96. The number of alkyl halides is 3. The van der Waals surface area contributed by atoms with E-state index < -0.39 is 11.9 Å². The summed E-state index contributed by atoms with van der Waals surface area (Å²) >= 11 is 1.54. The van der Waals surface area contributed by atoms with E-state index in [1.165, 1.54) is 0 Å². The molecule has 1 fully saturated rings. The molecular formula is C17H15F3N6OS. The van der Waals surface area contributed by atoms with E-state index in [9.17, 15) is 18.0 Å². The standard InChI is InChI=1S/C17H15F3N6OS/c18-17(19,20)14-9-15(22-10-21-14)25-3-5-26(6-4-25)16(27)12-8-11(23-24-12)13-2-1-7-28-13/h1-2,7-10H,3-6H2,(H,23,24). The Kier molecular flexibility index (Phi) is 4.75. The van der Waals surface area contributed by atoms with Crippen molar-refractivity contribution in [2.45, 2.75) is 6.18 Å². The van der Waals surface area contributed by atoms with Crippen molar-refractivity contribution in [3.8, 4) is 10.6 Å². The second-order valence-corrected chi connectivity index (χ2v) is 7.13. The molecule has 7 nitrogen and oxygen atoms in total. The molecule has 3 aromatic heterocycles. The lowest BCUT2D eigenvalue weighted by Crippen LogP contribution is -2.49. The van der Waals surface area contributed by atoms with E-state index in [2.05, 4.69) is 20.2 Å². The molecule has 1 saturated heterocycles. The summed E-state index contributed by atoms with van der Waals surface area (Å²) in [6.07, 6.45) is -3.61. The summed E-state index contributed by atoms with van der Waals surface area (Å²) in [5.41, 5.74) is 0.115. The van der Waals surface area contributed by atoms with E-state index in [0.717, 1.165) is 23.0 Å².